The summed E-state index contributed by atoms with van der Waals surface area (Å²) in [6.07, 6.45) is 3.68. The van der Waals surface area contributed by atoms with Gasteiger partial charge in [0.25, 0.3) is 0 Å². The number of likely N-dealkylation sites (tertiary alicyclic amines) is 1. The van der Waals surface area contributed by atoms with Crippen LogP contribution in [0.3, 0.4) is 0 Å². The number of halogens is 1. The average Bonchev–Trinajstić information content (AvgIpc) is 3.00. The van der Waals surface area contributed by atoms with Crippen molar-refractivity contribution in [1.29, 1.82) is 0 Å². The summed E-state index contributed by atoms with van der Waals surface area (Å²) in [5, 5.41) is 0. The second-order valence-electron chi connectivity index (χ2n) is 6.43. The van der Waals surface area contributed by atoms with Crippen molar-refractivity contribution in [2.45, 2.75) is 32.7 Å². The number of hydrogen-bond acceptors (Lipinski definition) is 3. The quantitative estimate of drug-likeness (QED) is 0.831. The summed E-state index contributed by atoms with van der Waals surface area (Å²) < 4.78 is 24.6. The van der Waals surface area contributed by atoms with E-state index in [0.29, 0.717) is 12.4 Å². The maximum Gasteiger partial charge on any atom is 0.165 e. The Bertz CT molecular complexity index is 488. The lowest BCUT2D eigenvalue weighted by atomic mass is 9.85. The zero-order valence-corrected chi connectivity index (χ0v) is 13.4. The molecular formula is C18H26FNO2. The van der Waals surface area contributed by atoms with Crippen molar-refractivity contribution in [2.24, 2.45) is 11.8 Å². The van der Waals surface area contributed by atoms with Crippen LogP contribution in [-0.2, 0) is 11.3 Å². The molecule has 4 heteroatoms. The molecule has 0 N–H and O–H groups in total. The van der Waals surface area contributed by atoms with Crippen LogP contribution in [-0.4, -0.2) is 37.8 Å². The average molecular weight is 307 g/mol. The maximum absolute atomic E-state index is 13.9. The van der Waals surface area contributed by atoms with E-state index < -0.39 is 0 Å². The van der Waals surface area contributed by atoms with E-state index in [4.69, 9.17) is 9.47 Å². The molecule has 2 aliphatic rings. The van der Waals surface area contributed by atoms with Gasteiger partial charge in [0.05, 0.1) is 6.61 Å². The predicted octanol–water partition coefficient (Wildman–Crippen LogP) is 3.47. The second-order valence-corrected chi connectivity index (χ2v) is 6.43. The summed E-state index contributed by atoms with van der Waals surface area (Å²) in [4.78, 5) is 2.45. The minimum atomic E-state index is -0.250. The molecule has 2 heterocycles. The first kappa shape index (κ1) is 15.8. The number of ether oxygens (including phenoxy) is 2. The zero-order chi connectivity index (χ0) is 15.4. The zero-order valence-electron chi connectivity index (χ0n) is 13.4. The van der Waals surface area contributed by atoms with Crippen LogP contribution >= 0.6 is 0 Å². The minimum Gasteiger partial charge on any atom is -0.491 e. The molecule has 122 valence electrons. The van der Waals surface area contributed by atoms with Gasteiger partial charge in [-0.05, 0) is 62.3 Å². The molecule has 1 atom stereocenters. The van der Waals surface area contributed by atoms with E-state index in [-0.39, 0.29) is 5.82 Å². The minimum absolute atomic E-state index is 0.250. The predicted molar refractivity (Wildman–Crippen MR) is 84.5 cm³/mol. The second kappa shape index (κ2) is 7.42. The molecule has 0 radical (unpaired) electrons. The first-order chi connectivity index (χ1) is 10.8. The van der Waals surface area contributed by atoms with E-state index >= 15 is 0 Å². The Morgan fingerprint density at radius 1 is 1.23 bits per heavy atom. The van der Waals surface area contributed by atoms with E-state index in [1.165, 1.54) is 19.3 Å². The molecule has 0 bridgehead atoms. The fraction of sp³-hybridized carbons (Fsp3) is 0.667. The van der Waals surface area contributed by atoms with Gasteiger partial charge in [0.15, 0.2) is 11.6 Å². The summed E-state index contributed by atoms with van der Waals surface area (Å²) in [7, 11) is 0. The van der Waals surface area contributed by atoms with Crippen LogP contribution in [0.25, 0.3) is 0 Å². The highest BCUT2D eigenvalue weighted by Gasteiger charge is 2.30. The topological polar surface area (TPSA) is 21.7 Å². The Kier molecular flexibility index (Phi) is 5.32. The Labute approximate surface area is 132 Å². The third-order valence-corrected chi connectivity index (χ3v) is 4.94. The molecule has 1 aromatic carbocycles. The van der Waals surface area contributed by atoms with Crippen molar-refractivity contribution in [3.8, 4) is 5.75 Å². The van der Waals surface area contributed by atoms with E-state index in [1.54, 1.807) is 12.1 Å². The molecule has 0 aliphatic carbocycles. The summed E-state index contributed by atoms with van der Waals surface area (Å²) in [6, 6.07) is 5.35. The van der Waals surface area contributed by atoms with Gasteiger partial charge in [-0.3, -0.25) is 4.90 Å². The van der Waals surface area contributed by atoms with Crippen LogP contribution in [0.15, 0.2) is 18.2 Å². The van der Waals surface area contributed by atoms with Gasteiger partial charge in [0.1, 0.15) is 0 Å². The van der Waals surface area contributed by atoms with Gasteiger partial charge < -0.3 is 9.47 Å². The van der Waals surface area contributed by atoms with Crippen molar-refractivity contribution in [3.05, 3.63) is 29.6 Å². The lowest BCUT2D eigenvalue weighted by Gasteiger charge is -2.27. The van der Waals surface area contributed by atoms with Crippen molar-refractivity contribution in [2.75, 3.05) is 32.9 Å². The van der Waals surface area contributed by atoms with Crippen molar-refractivity contribution in [3.63, 3.8) is 0 Å². The van der Waals surface area contributed by atoms with Crippen LogP contribution in [0.4, 0.5) is 4.39 Å². The summed E-state index contributed by atoms with van der Waals surface area (Å²) in [5.74, 6) is 1.71. The molecule has 2 fully saturated rings. The Balaban J connectivity index is 1.54. The van der Waals surface area contributed by atoms with Crippen LogP contribution in [0.1, 0.15) is 31.7 Å². The van der Waals surface area contributed by atoms with Gasteiger partial charge in [0, 0.05) is 26.3 Å². The van der Waals surface area contributed by atoms with Gasteiger partial charge in [0.2, 0.25) is 0 Å². The summed E-state index contributed by atoms with van der Waals surface area (Å²) in [6.45, 7) is 7.30. The van der Waals surface area contributed by atoms with Crippen LogP contribution in [0, 0.1) is 17.7 Å². The smallest absolute Gasteiger partial charge is 0.165 e. The molecule has 0 saturated carbocycles. The molecular weight excluding hydrogens is 281 g/mol. The first-order valence-corrected chi connectivity index (χ1v) is 8.47. The van der Waals surface area contributed by atoms with Gasteiger partial charge in [-0.15, -0.1) is 0 Å². The highest BCUT2D eigenvalue weighted by atomic mass is 19.1. The number of rotatable bonds is 5. The van der Waals surface area contributed by atoms with Crippen LogP contribution in [0.2, 0.25) is 0 Å². The summed E-state index contributed by atoms with van der Waals surface area (Å²) >= 11 is 0. The van der Waals surface area contributed by atoms with E-state index in [0.717, 1.165) is 50.2 Å². The third-order valence-electron chi connectivity index (χ3n) is 4.94. The number of benzene rings is 1. The normalized spacial score (nSPS) is 23.8. The van der Waals surface area contributed by atoms with Gasteiger partial charge in [-0.25, -0.2) is 4.39 Å². The molecule has 22 heavy (non-hydrogen) atoms. The molecule has 0 aromatic heterocycles. The molecule has 0 amide bonds. The number of hydrogen-bond donors (Lipinski definition) is 0. The van der Waals surface area contributed by atoms with E-state index in [2.05, 4.69) is 4.90 Å². The van der Waals surface area contributed by atoms with Gasteiger partial charge in [-0.2, -0.15) is 0 Å². The highest BCUT2D eigenvalue weighted by molar-refractivity contribution is 5.29. The fourth-order valence-electron chi connectivity index (χ4n) is 3.75. The lowest BCUT2D eigenvalue weighted by Crippen LogP contribution is -2.26. The van der Waals surface area contributed by atoms with Gasteiger partial charge in [-0.1, -0.05) is 6.07 Å². The van der Waals surface area contributed by atoms with E-state index in [9.17, 15) is 4.39 Å². The molecule has 1 aromatic rings. The Morgan fingerprint density at radius 2 is 2.05 bits per heavy atom. The first-order valence-electron chi connectivity index (χ1n) is 8.47. The Hall–Kier alpha value is -1.13. The molecule has 2 aliphatic heterocycles. The lowest BCUT2D eigenvalue weighted by molar-refractivity contribution is 0.0477. The van der Waals surface area contributed by atoms with E-state index in [1.807, 2.05) is 13.0 Å². The molecule has 3 rings (SSSR count). The SMILES string of the molecule is CCOc1ccc(CN2CCC(C3CCOCC3)C2)cc1F. The summed E-state index contributed by atoms with van der Waals surface area (Å²) in [5.41, 5.74) is 1.04. The van der Waals surface area contributed by atoms with Crippen molar-refractivity contribution >= 4 is 0 Å². The van der Waals surface area contributed by atoms with Crippen LogP contribution in [0.5, 0.6) is 5.75 Å². The van der Waals surface area contributed by atoms with Gasteiger partial charge >= 0.3 is 0 Å². The fourth-order valence-corrected chi connectivity index (χ4v) is 3.75. The molecule has 3 nitrogen and oxygen atoms in total. The molecule has 1 unspecified atom stereocenters. The third kappa shape index (κ3) is 3.79. The van der Waals surface area contributed by atoms with Crippen molar-refractivity contribution < 1.29 is 13.9 Å². The molecule has 0 spiro atoms. The highest BCUT2D eigenvalue weighted by Crippen LogP contribution is 2.32. The molecule has 2 saturated heterocycles. The van der Waals surface area contributed by atoms with Crippen LogP contribution < -0.4 is 4.74 Å². The maximum atomic E-state index is 13.9. The largest absolute Gasteiger partial charge is 0.491 e. The van der Waals surface area contributed by atoms with Crippen molar-refractivity contribution in [1.82, 2.24) is 4.90 Å². The Morgan fingerprint density at radius 3 is 2.77 bits per heavy atom. The standard InChI is InChI=1S/C18H26FNO2/c1-2-22-18-4-3-14(11-17(18)19)12-20-8-5-16(13-20)15-6-9-21-10-7-15/h3-4,11,15-16H,2,5-10,12-13H2,1H3. The monoisotopic (exact) mass is 307 g/mol. The number of nitrogens with zero attached hydrogens (tertiary/aromatic N) is 1.